The molecule has 0 aliphatic carbocycles. The first-order chi connectivity index (χ1) is 7.69. The van der Waals surface area contributed by atoms with Crippen LogP contribution in [0.15, 0.2) is 60.7 Å². The molecule has 1 aromatic carbocycles. The number of aromatic hydroxyl groups is 1. The average Bonchev–Trinajstić information content (AvgIpc) is 2.29. The Morgan fingerprint density at radius 1 is 1.31 bits per heavy atom. The van der Waals surface area contributed by atoms with E-state index in [9.17, 15) is 5.11 Å². The Hall–Kier alpha value is -1.76. The Kier molecular flexibility index (Phi) is 4.59. The minimum absolute atomic E-state index is 0.301. The molecule has 1 nitrogen and oxygen atoms in total. The van der Waals surface area contributed by atoms with Crippen LogP contribution >= 0.6 is 0 Å². The maximum atomic E-state index is 9.24. The Labute approximate surface area is 97.4 Å². The van der Waals surface area contributed by atoms with Gasteiger partial charge in [0.25, 0.3) is 0 Å². The molecule has 84 valence electrons. The molecule has 0 radical (unpaired) electrons. The van der Waals surface area contributed by atoms with E-state index in [1.54, 1.807) is 18.2 Å². The van der Waals surface area contributed by atoms with Crippen molar-refractivity contribution in [2.45, 2.75) is 19.8 Å². The summed E-state index contributed by atoms with van der Waals surface area (Å²) in [6.45, 7) is 7.86. The monoisotopic (exact) mass is 214 g/mol. The molecule has 1 aromatic rings. The highest BCUT2D eigenvalue weighted by Crippen LogP contribution is 2.26. The quantitative estimate of drug-likeness (QED) is 0.745. The normalized spacial score (nSPS) is 14.0. The Morgan fingerprint density at radius 2 is 1.94 bits per heavy atom. The van der Waals surface area contributed by atoms with E-state index in [1.165, 1.54) is 11.1 Å². The SMILES string of the molecule is C=C/C=C(\C=C/C)C(C)c1ccc(O)cc1. The van der Waals surface area contributed by atoms with Crippen molar-refractivity contribution in [3.63, 3.8) is 0 Å². The molecule has 1 N–H and O–H groups in total. The third-order valence-corrected chi connectivity index (χ3v) is 2.56. The molecule has 0 bridgehead atoms. The van der Waals surface area contributed by atoms with Gasteiger partial charge in [-0.1, -0.05) is 49.9 Å². The number of allylic oxidation sites excluding steroid dienone is 5. The fourth-order valence-electron chi connectivity index (χ4n) is 1.63. The van der Waals surface area contributed by atoms with Crippen LogP contribution in [0.25, 0.3) is 0 Å². The van der Waals surface area contributed by atoms with Crippen LogP contribution in [-0.2, 0) is 0 Å². The molecule has 0 spiro atoms. The molecule has 0 saturated carbocycles. The van der Waals surface area contributed by atoms with Gasteiger partial charge in [0.2, 0.25) is 0 Å². The smallest absolute Gasteiger partial charge is 0.115 e. The number of phenols is 1. The Morgan fingerprint density at radius 3 is 2.44 bits per heavy atom. The van der Waals surface area contributed by atoms with Crippen LogP contribution in [0.4, 0.5) is 0 Å². The fraction of sp³-hybridized carbons (Fsp3) is 0.200. The van der Waals surface area contributed by atoms with Gasteiger partial charge in [0.1, 0.15) is 5.75 Å². The minimum atomic E-state index is 0.301. The summed E-state index contributed by atoms with van der Waals surface area (Å²) in [6.07, 6.45) is 7.91. The summed E-state index contributed by atoms with van der Waals surface area (Å²) in [7, 11) is 0. The van der Waals surface area contributed by atoms with Crippen molar-refractivity contribution >= 4 is 0 Å². The van der Waals surface area contributed by atoms with E-state index in [2.05, 4.69) is 19.6 Å². The zero-order valence-corrected chi connectivity index (χ0v) is 9.85. The third kappa shape index (κ3) is 3.13. The van der Waals surface area contributed by atoms with Crippen molar-refractivity contribution in [2.75, 3.05) is 0 Å². The van der Waals surface area contributed by atoms with Crippen molar-refractivity contribution in [2.24, 2.45) is 0 Å². The zero-order chi connectivity index (χ0) is 12.0. The van der Waals surface area contributed by atoms with Crippen LogP contribution in [-0.4, -0.2) is 5.11 Å². The predicted molar refractivity (Wildman–Crippen MR) is 69.6 cm³/mol. The molecule has 0 aliphatic heterocycles. The summed E-state index contributed by atoms with van der Waals surface area (Å²) < 4.78 is 0. The lowest BCUT2D eigenvalue weighted by atomic mass is 9.92. The molecule has 0 heterocycles. The Balaban J connectivity index is 2.98. The average molecular weight is 214 g/mol. The molecule has 0 saturated heterocycles. The van der Waals surface area contributed by atoms with Crippen molar-refractivity contribution in [3.05, 3.63) is 66.3 Å². The number of rotatable bonds is 4. The molecular formula is C15H18O. The molecule has 0 fully saturated rings. The molecule has 0 aromatic heterocycles. The van der Waals surface area contributed by atoms with Gasteiger partial charge in [-0.15, -0.1) is 0 Å². The molecule has 0 aliphatic rings. The van der Waals surface area contributed by atoms with E-state index >= 15 is 0 Å². The van der Waals surface area contributed by atoms with Crippen LogP contribution in [0.1, 0.15) is 25.3 Å². The number of hydrogen-bond acceptors (Lipinski definition) is 1. The van der Waals surface area contributed by atoms with Crippen LogP contribution < -0.4 is 0 Å². The molecule has 1 atom stereocenters. The van der Waals surface area contributed by atoms with Crippen molar-refractivity contribution in [1.29, 1.82) is 0 Å². The van der Waals surface area contributed by atoms with E-state index in [4.69, 9.17) is 0 Å². The summed E-state index contributed by atoms with van der Waals surface area (Å²) >= 11 is 0. The lowest BCUT2D eigenvalue weighted by Gasteiger charge is -2.13. The van der Waals surface area contributed by atoms with Gasteiger partial charge in [0, 0.05) is 5.92 Å². The second kappa shape index (κ2) is 5.96. The first-order valence-corrected chi connectivity index (χ1v) is 5.43. The highest BCUT2D eigenvalue weighted by Gasteiger charge is 2.07. The molecule has 1 unspecified atom stereocenters. The first-order valence-electron chi connectivity index (χ1n) is 5.43. The molecule has 16 heavy (non-hydrogen) atoms. The van der Waals surface area contributed by atoms with Crippen molar-refractivity contribution < 1.29 is 5.11 Å². The van der Waals surface area contributed by atoms with Gasteiger partial charge >= 0.3 is 0 Å². The second-order valence-corrected chi connectivity index (χ2v) is 3.72. The summed E-state index contributed by atoms with van der Waals surface area (Å²) in [5.74, 6) is 0.603. The summed E-state index contributed by atoms with van der Waals surface area (Å²) in [4.78, 5) is 0. The number of benzene rings is 1. The van der Waals surface area contributed by atoms with Gasteiger partial charge in [0.05, 0.1) is 0 Å². The van der Waals surface area contributed by atoms with Gasteiger partial charge < -0.3 is 5.11 Å². The van der Waals surface area contributed by atoms with Gasteiger partial charge in [-0.25, -0.2) is 0 Å². The second-order valence-electron chi connectivity index (χ2n) is 3.72. The highest BCUT2D eigenvalue weighted by molar-refractivity contribution is 5.38. The first kappa shape index (κ1) is 12.3. The van der Waals surface area contributed by atoms with E-state index < -0.39 is 0 Å². The fourth-order valence-corrected chi connectivity index (χ4v) is 1.63. The predicted octanol–water partition coefficient (Wildman–Crippen LogP) is 4.18. The summed E-state index contributed by atoms with van der Waals surface area (Å²) in [5, 5.41) is 9.24. The minimum Gasteiger partial charge on any atom is -0.508 e. The van der Waals surface area contributed by atoms with Gasteiger partial charge in [-0.05, 0) is 30.2 Å². The highest BCUT2D eigenvalue weighted by atomic mass is 16.3. The van der Waals surface area contributed by atoms with Crippen LogP contribution in [0, 0.1) is 0 Å². The van der Waals surface area contributed by atoms with E-state index in [-0.39, 0.29) is 0 Å². The van der Waals surface area contributed by atoms with Gasteiger partial charge in [-0.3, -0.25) is 0 Å². The number of phenolic OH excluding ortho intramolecular Hbond substituents is 1. The van der Waals surface area contributed by atoms with Gasteiger partial charge in [0.15, 0.2) is 0 Å². The van der Waals surface area contributed by atoms with E-state index in [0.29, 0.717) is 11.7 Å². The molecule has 0 amide bonds. The maximum absolute atomic E-state index is 9.24. The van der Waals surface area contributed by atoms with Crippen LogP contribution in [0.2, 0.25) is 0 Å². The molecular weight excluding hydrogens is 196 g/mol. The zero-order valence-electron chi connectivity index (χ0n) is 9.85. The van der Waals surface area contributed by atoms with E-state index in [0.717, 1.165) is 0 Å². The third-order valence-electron chi connectivity index (χ3n) is 2.56. The molecule has 1 heteroatoms. The number of hydrogen-bond donors (Lipinski definition) is 1. The Bertz CT molecular complexity index is 396. The van der Waals surface area contributed by atoms with Crippen LogP contribution in [0.3, 0.4) is 0 Å². The topological polar surface area (TPSA) is 20.2 Å². The van der Waals surface area contributed by atoms with E-state index in [1.807, 2.05) is 31.2 Å². The summed E-state index contributed by atoms with van der Waals surface area (Å²) in [5.41, 5.74) is 2.40. The maximum Gasteiger partial charge on any atom is 0.115 e. The summed E-state index contributed by atoms with van der Waals surface area (Å²) in [6, 6.07) is 7.32. The van der Waals surface area contributed by atoms with Gasteiger partial charge in [-0.2, -0.15) is 0 Å². The molecule has 1 rings (SSSR count). The standard InChI is InChI=1S/C15H18O/c1-4-6-13(7-5-2)12(3)14-8-10-15(16)11-9-14/h4-12,16H,1H2,2-3H3/b7-5-,13-6+. The lowest BCUT2D eigenvalue weighted by molar-refractivity contribution is 0.475. The van der Waals surface area contributed by atoms with Crippen molar-refractivity contribution in [3.8, 4) is 5.75 Å². The van der Waals surface area contributed by atoms with Crippen molar-refractivity contribution in [1.82, 2.24) is 0 Å². The lowest BCUT2D eigenvalue weighted by Crippen LogP contribution is -1.95. The largest absolute Gasteiger partial charge is 0.508 e. The van der Waals surface area contributed by atoms with Crippen LogP contribution in [0.5, 0.6) is 5.75 Å².